The topological polar surface area (TPSA) is 58.2 Å². The maximum absolute atomic E-state index is 11.8. The molecule has 1 aromatic rings. The largest absolute Gasteiger partial charge is 0.354 e. The van der Waals surface area contributed by atoms with Crippen LogP contribution in [0, 0.1) is 0 Å². The summed E-state index contributed by atoms with van der Waals surface area (Å²) in [7, 11) is 0. The summed E-state index contributed by atoms with van der Waals surface area (Å²) < 4.78 is 0.830. The first-order valence-corrected chi connectivity index (χ1v) is 6.84. The Balaban J connectivity index is 2.32. The molecule has 0 atom stereocenters. The van der Waals surface area contributed by atoms with Crippen molar-refractivity contribution in [2.75, 3.05) is 13.1 Å². The van der Waals surface area contributed by atoms with Crippen LogP contribution < -0.4 is 10.6 Å². The third-order valence-electron chi connectivity index (χ3n) is 2.37. The lowest BCUT2D eigenvalue weighted by Gasteiger charge is -2.06. The molecule has 0 unspecified atom stereocenters. The van der Waals surface area contributed by atoms with Gasteiger partial charge in [0, 0.05) is 16.6 Å². The highest BCUT2D eigenvalue weighted by Gasteiger charge is 2.07. The monoisotopic (exact) mass is 324 g/mol. The molecule has 2 amide bonds. The Morgan fingerprint density at radius 2 is 2.11 bits per heavy atom. The van der Waals surface area contributed by atoms with Gasteiger partial charge in [-0.05, 0) is 31.5 Å². The molecule has 0 heterocycles. The van der Waals surface area contributed by atoms with Crippen LogP contribution in [0.2, 0.25) is 0 Å². The molecule has 19 heavy (non-hydrogen) atoms. The Morgan fingerprint density at radius 1 is 1.32 bits per heavy atom. The average molecular weight is 325 g/mol. The van der Waals surface area contributed by atoms with Gasteiger partial charge in [-0.15, -0.1) is 0 Å². The Morgan fingerprint density at radius 3 is 2.79 bits per heavy atom. The van der Waals surface area contributed by atoms with Crippen molar-refractivity contribution in [1.82, 2.24) is 10.6 Å². The first-order chi connectivity index (χ1) is 9.13. The van der Waals surface area contributed by atoms with Crippen LogP contribution in [-0.4, -0.2) is 24.9 Å². The second kappa shape index (κ2) is 8.48. The summed E-state index contributed by atoms with van der Waals surface area (Å²) in [5.74, 6) is -0.447. The van der Waals surface area contributed by atoms with Gasteiger partial charge in [-0.3, -0.25) is 9.59 Å². The van der Waals surface area contributed by atoms with Gasteiger partial charge in [-0.2, -0.15) is 0 Å². The van der Waals surface area contributed by atoms with E-state index < -0.39 is 0 Å². The Labute approximate surface area is 121 Å². The van der Waals surface area contributed by atoms with E-state index in [-0.39, 0.29) is 18.4 Å². The van der Waals surface area contributed by atoms with Gasteiger partial charge in [0.15, 0.2) is 0 Å². The quantitative estimate of drug-likeness (QED) is 0.623. The van der Waals surface area contributed by atoms with Crippen molar-refractivity contribution in [2.45, 2.75) is 13.3 Å². The maximum Gasteiger partial charge on any atom is 0.251 e. The Bertz CT molecular complexity index is 472. The summed E-state index contributed by atoms with van der Waals surface area (Å²) >= 11 is 3.29. The number of nitrogens with one attached hydrogen (secondary N) is 2. The number of hydrogen-bond donors (Lipinski definition) is 2. The van der Waals surface area contributed by atoms with E-state index >= 15 is 0 Å². The molecule has 0 spiro atoms. The normalized spacial score (nSPS) is 10.4. The molecule has 0 aliphatic carbocycles. The van der Waals surface area contributed by atoms with E-state index in [9.17, 15) is 9.59 Å². The van der Waals surface area contributed by atoms with Crippen molar-refractivity contribution in [3.8, 4) is 0 Å². The summed E-state index contributed by atoms with van der Waals surface area (Å²) in [5, 5.41) is 5.30. The second-order valence-electron chi connectivity index (χ2n) is 3.90. The predicted molar refractivity (Wildman–Crippen MR) is 78.9 cm³/mol. The van der Waals surface area contributed by atoms with E-state index in [1.54, 1.807) is 18.2 Å². The van der Waals surface area contributed by atoms with Gasteiger partial charge < -0.3 is 10.6 Å². The van der Waals surface area contributed by atoms with Crippen molar-refractivity contribution in [3.63, 3.8) is 0 Å². The highest BCUT2D eigenvalue weighted by Crippen LogP contribution is 2.11. The van der Waals surface area contributed by atoms with Crippen LogP contribution >= 0.6 is 15.9 Å². The molecule has 0 bridgehead atoms. The van der Waals surface area contributed by atoms with Crippen molar-refractivity contribution >= 4 is 27.7 Å². The summed E-state index contributed by atoms with van der Waals surface area (Å²) in [6, 6.07) is 7.02. The minimum Gasteiger partial charge on any atom is -0.354 e. The molecular weight excluding hydrogens is 308 g/mol. The van der Waals surface area contributed by atoms with Crippen molar-refractivity contribution < 1.29 is 9.59 Å². The number of halogens is 1. The van der Waals surface area contributed by atoms with Crippen LogP contribution in [-0.2, 0) is 4.79 Å². The fourth-order valence-electron chi connectivity index (χ4n) is 1.42. The Hall–Kier alpha value is -1.62. The van der Waals surface area contributed by atoms with Gasteiger partial charge in [-0.25, -0.2) is 0 Å². The van der Waals surface area contributed by atoms with Gasteiger partial charge in [-0.1, -0.05) is 34.1 Å². The van der Waals surface area contributed by atoms with Crippen LogP contribution in [0.4, 0.5) is 0 Å². The van der Waals surface area contributed by atoms with Gasteiger partial charge in [0.25, 0.3) is 5.91 Å². The second-order valence-corrected chi connectivity index (χ2v) is 4.82. The van der Waals surface area contributed by atoms with Crippen LogP contribution in [0.3, 0.4) is 0 Å². The molecule has 0 aliphatic heterocycles. The minimum atomic E-state index is -0.259. The molecule has 2 N–H and O–H groups in total. The summed E-state index contributed by atoms with van der Waals surface area (Å²) in [4.78, 5) is 23.2. The van der Waals surface area contributed by atoms with Gasteiger partial charge in [0.2, 0.25) is 5.91 Å². The number of carbonyl (C=O) groups excluding carboxylic acids is 2. The fraction of sp³-hybridized carbons (Fsp3) is 0.286. The summed E-state index contributed by atoms with van der Waals surface area (Å²) in [5.41, 5.74) is 0.524. The number of carbonyl (C=O) groups is 2. The lowest BCUT2D eigenvalue weighted by atomic mass is 10.2. The number of benzene rings is 1. The van der Waals surface area contributed by atoms with Gasteiger partial charge >= 0.3 is 0 Å². The van der Waals surface area contributed by atoms with E-state index in [0.29, 0.717) is 12.1 Å². The van der Waals surface area contributed by atoms with E-state index in [2.05, 4.69) is 26.6 Å². The number of allylic oxidation sites excluding steroid dienone is 1. The van der Waals surface area contributed by atoms with Crippen LogP contribution in [0.5, 0.6) is 0 Å². The smallest absolute Gasteiger partial charge is 0.251 e. The van der Waals surface area contributed by atoms with E-state index in [1.165, 1.54) is 0 Å². The maximum atomic E-state index is 11.8. The lowest BCUT2D eigenvalue weighted by molar-refractivity contribution is -0.120. The molecule has 0 aromatic heterocycles. The molecule has 0 radical (unpaired) electrons. The average Bonchev–Trinajstić information content (AvgIpc) is 2.41. The predicted octanol–water partition coefficient (Wildman–Crippen LogP) is 2.26. The molecule has 0 fully saturated rings. The standard InChI is InChI=1S/C14H17BrN2O2/c1-2-3-4-8-16-13(18)10-17-14(19)11-6-5-7-12(15)9-11/h2-3,5-7,9H,4,8,10H2,1H3,(H,16,18)(H,17,19)/b3-2+. The first-order valence-electron chi connectivity index (χ1n) is 6.05. The minimum absolute atomic E-state index is 0.0127. The van der Waals surface area contributed by atoms with Crippen LogP contribution in [0.1, 0.15) is 23.7 Å². The van der Waals surface area contributed by atoms with Crippen LogP contribution in [0.15, 0.2) is 40.9 Å². The molecule has 4 nitrogen and oxygen atoms in total. The van der Waals surface area contributed by atoms with Gasteiger partial charge in [0.1, 0.15) is 0 Å². The number of hydrogen-bond acceptors (Lipinski definition) is 2. The van der Waals surface area contributed by atoms with Crippen LogP contribution in [0.25, 0.3) is 0 Å². The van der Waals surface area contributed by atoms with Gasteiger partial charge in [0.05, 0.1) is 6.54 Å². The third-order valence-corrected chi connectivity index (χ3v) is 2.86. The Kier molecular flexibility index (Phi) is 6.89. The molecule has 5 heteroatoms. The number of amides is 2. The van der Waals surface area contributed by atoms with Crippen molar-refractivity contribution in [1.29, 1.82) is 0 Å². The SMILES string of the molecule is C/C=C/CCNC(=O)CNC(=O)c1cccc(Br)c1. The zero-order chi connectivity index (χ0) is 14.1. The molecule has 102 valence electrons. The summed E-state index contributed by atoms with van der Waals surface area (Å²) in [6.45, 7) is 2.50. The van der Waals surface area contributed by atoms with E-state index in [4.69, 9.17) is 0 Å². The van der Waals surface area contributed by atoms with E-state index in [0.717, 1.165) is 10.9 Å². The third kappa shape index (κ3) is 6.20. The first kappa shape index (κ1) is 15.4. The zero-order valence-electron chi connectivity index (χ0n) is 10.8. The number of rotatable bonds is 6. The molecular formula is C14H17BrN2O2. The molecule has 0 saturated heterocycles. The highest BCUT2D eigenvalue weighted by molar-refractivity contribution is 9.10. The molecule has 0 aliphatic rings. The molecule has 0 saturated carbocycles. The fourth-order valence-corrected chi connectivity index (χ4v) is 1.82. The van der Waals surface area contributed by atoms with E-state index in [1.807, 2.05) is 25.1 Å². The molecule has 1 rings (SSSR count). The zero-order valence-corrected chi connectivity index (χ0v) is 12.4. The van der Waals surface area contributed by atoms with Crippen molar-refractivity contribution in [2.24, 2.45) is 0 Å². The van der Waals surface area contributed by atoms with Crippen molar-refractivity contribution in [3.05, 3.63) is 46.5 Å². The molecule has 1 aromatic carbocycles. The highest BCUT2D eigenvalue weighted by atomic mass is 79.9. The lowest BCUT2D eigenvalue weighted by Crippen LogP contribution is -2.37. The summed E-state index contributed by atoms with van der Waals surface area (Å²) in [6.07, 6.45) is 4.70.